The number of morpholine rings is 1. The number of rotatable bonds is 13. The van der Waals surface area contributed by atoms with Gasteiger partial charge in [-0.3, -0.25) is 14.5 Å². The Morgan fingerprint density at radius 3 is 2.27 bits per heavy atom. The first-order chi connectivity index (χ1) is 19.9. The Labute approximate surface area is 243 Å². The average molecular weight is 568 g/mol. The molecular weight excluding hydrogens is 522 g/mol. The number of benzene rings is 2. The van der Waals surface area contributed by atoms with Crippen LogP contribution in [0.1, 0.15) is 74.2 Å². The number of hydrogen-bond acceptors (Lipinski definition) is 7. The van der Waals surface area contributed by atoms with Crippen LogP contribution in [0.15, 0.2) is 48.5 Å². The average Bonchev–Trinajstić information content (AvgIpc) is 2.99. The summed E-state index contributed by atoms with van der Waals surface area (Å²) in [6, 6.07) is 16.0. The highest BCUT2D eigenvalue weighted by Gasteiger charge is 2.39. The normalized spacial score (nSPS) is 23.2. The quantitative estimate of drug-likeness (QED) is 0.317. The second-order valence-electron chi connectivity index (χ2n) is 11.0. The Morgan fingerprint density at radius 1 is 0.902 bits per heavy atom. The van der Waals surface area contributed by atoms with Crippen molar-refractivity contribution in [2.45, 2.75) is 71.2 Å². The minimum absolute atomic E-state index is 0.0134. The van der Waals surface area contributed by atoms with Crippen LogP contribution in [-0.4, -0.2) is 67.3 Å². The molecule has 0 bridgehead atoms. The summed E-state index contributed by atoms with van der Waals surface area (Å²) in [5, 5.41) is 15.2. The number of amides is 2. The van der Waals surface area contributed by atoms with Crippen molar-refractivity contribution in [2.75, 3.05) is 39.4 Å². The van der Waals surface area contributed by atoms with Gasteiger partial charge in [0.25, 0.3) is 0 Å². The van der Waals surface area contributed by atoms with Crippen LogP contribution in [-0.2, 0) is 37.0 Å². The molecule has 2 saturated heterocycles. The van der Waals surface area contributed by atoms with Gasteiger partial charge in [-0.05, 0) is 29.5 Å². The molecule has 224 valence electrons. The zero-order chi connectivity index (χ0) is 29.0. The molecule has 2 amide bonds. The van der Waals surface area contributed by atoms with E-state index in [4.69, 9.17) is 14.2 Å². The minimum atomic E-state index is -0.513. The Bertz CT molecular complexity index is 1090. The van der Waals surface area contributed by atoms with E-state index in [0.717, 1.165) is 74.4 Å². The summed E-state index contributed by atoms with van der Waals surface area (Å²) in [6.45, 7) is 8.90. The highest BCUT2D eigenvalue weighted by molar-refractivity contribution is 5.75. The van der Waals surface area contributed by atoms with Crippen LogP contribution in [0.4, 0.5) is 0 Å². The van der Waals surface area contributed by atoms with Crippen molar-refractivity contribution in [1.82, 2.24) is 15.5 Å². The van der Waals surface area contributed by atoms with E-state index in [0.29, 0.717) is 19.5 Å². The molecule has 2 heterocycles. The molecule has 0 spiro atoms. The molecule has 4 rings (SSSR count). The van der Waals surface area contributed by atoms with Gasteiger partial charge in [0.15, 0.2) is 6.29 Å². The lowest BCUT2D eigenvalue weighted by Crippen LogP contribution is -2.47. The number of aliphatic hydroxyl groups is 1. The van der Waals surface area contributed by atoms with E-state index < -0.39 is 6.29 Å². The SMILES string of the molecule is CC(=O)NCCCCCC(=O)NCc1ccc(C2OC(CN3CCOCC3)C(C)C(c3ccc(CO)cc3)O2)cc1. The molecule has 2 aromatic rings. The van der Waals surface area contributed by atoms with E-state index in [-0.39, 0.29) is 36.5 Å². The van der Waals surface area contributed by atoms with E-state index in [1.165, 1.54) is 6.92 Å². The molecule has 3 N–H and O–H groups in total. The number of hydrogen-bond donors (Lipinski definition) is 3. The van der Waals surface area contributed by atoms with E-state index in [1.54, 1.807) is 0 Å². The van der Waals surface area contributed by atoms with Crippen LogP contribution in [0, 0.1) is 5.92 Å². The topological polar surface area (TPSA) is 109 Å². The smallest absolute Gasteiger partial charge is 0.220 e. The molecule has 4 atom stereocenters. The zero-order valence-electron chi connectivity index (χ0n) is 24.3. The zero-order valence-corrected chi connectivity index (χ0v) is 24.3. The Morgan fingerprint density at radius 2 is 1.59 bits per heavy atom. The van der Waals surface area contributed by atoms with Gasteiger partial charge >= 0.3 is 0 Å². The summed E-state index contributed by atoms with van der Waals surface area (Å²) in [6.07, 6.45) is 2.37. The minimum Gasteiger partial charge on any atom is -0.392 e. The number of ether oxygens (including phenoxy) is 3. The number of carbonyl (C=O) groups is 2. The van der Waals surface area contributed by atoms with Gasteiger partial charge in [-0.2, -0.15) is 0 Å². The molecule has 9 nitrogen and oxygen atoms in total. The van der Waals surface area contributed by atoms with Crippen LogP contribution < -0.4 is 10.6 Å². The molecule has 0 aliphatic carbocycles. The summed E-state index contributed by atoms with van der Waals surface area (Å²) in [5.41, 5.74) is 3.90. The van der Waals surface area contributed by atoms with Crippen LogP contribution in [0.5, 0.6) is 0 Å². The van der Waals surface area contributed by atoms with Gasteiger partial charge in [0, 0.05) is 57.5 Å². The number of aliphatic hydroxyl groups excluding tert-OH is 1. The first-order valence-electron chi connectivity index (χ1n) is 14.8. The largest absolute Gasteiger partial charge is 0.392 e. The fourth-order valence-corrected chi connectivity index (χ4v) is 5.30. The van der Waals surface area contributed by atoms with Gasteiger partial charge < -0.3 is 30.0 Å². The predicted molar refractivity (Wildman–Crippen MR) is 156 cm³/mol. The Kier molecular flexibility index (Phi) is 12.1. The van der Waals surface area contributed by atoms with Crippen molar-refractivity contribution in [3.05, 3.63) is 70.8 Å². The van der Waals surface area contributed by atoms with Gasteiger partial charge in [-0.25, -0.2) is 0 Å². The van der Waals surface area contributed by atoms with Crippen molar-refractivity contribution in [3.63, 3.8) is 0 Å². The third-order valence-corrected chi connectivity index (χ3v) is 7.86. The standard InChI is InChI=1S/C32H45N3O6/c1-23-29(21-35-16-18-39-19-17-35)40-32(41-31(23)27-11-9-26(22-36)10-12-27)28-13-7-25(8-14-28)20-34-30(38)6-4-3-5-15-33-24(2)37/h7-14,23,29,31-32,36H,3-6,15-22H2,1-2H3,(H,33,37)(H,34,38). The van der Waals surface area contributed by atoms with E-state index in [1.807, 2.05) is 48.5 Å². The summed E-state index contributed by atoms with van der Waals surface area (Å²) >= 11 is 0. The number of unbranched alkanes of at least 4 members (excludes halogenated alkanes) is 2. The molecule has 2 aliphatic rings. The van der Waals surface area contributed by atoms with Crippen molar-refractivity contribution < 1.29 is 28.9 Å². The maximum atomic E-state index is 12.3. The molecule has 0 aromatic heterocycles. The number of carbonyl (C=O) groups excluding carboxylic acids is 2. The first kappa shape index (κ1) is 31.1. The number of nitrogens with one attached hydrogen (secondary N) is 2. The molecule has 2 aliphatic heterocycles. The van der Waals surface area contributed by atoms with Gasteiger partial charge in [0.05, 0.1) is 32.0 Å². The lowest BCUT2D eigenvalue weighted by Gasteiger charge is -2.43. The van der Waals surface area contributed by atoms with Crippen molar-refractivity contribution in [1.29, 1.82) is 0 Å². The van der Waals surface area contributed by atoms with Crippen molar-refractivity contribution in [2.24, 2.45) is 5.92 Å². The van der Waals surface area contributed by atoms with Gasteiger partial charge in [0.1, 0.15) is 0 Å². The van der Waals surface area contributed by atoms with Crippen LogP contribution in [0.3, 0.4) is 0 Å². The Hall–Kier alpha value is -2.82. The predicted octanol–water partition coefficient (Wildman–Crippen LogP) is 3.62. The molecule has 0 saturated carbocycles. The molecular formula is C32H45N3O6. The van der Waals surface area contributed by atoms with Crippen LogP contribution >= 0.6 is 0 Å². The molecule has 9 heteroatoms. The lowest BCUT2D eigenvalue weighted by atomic mass is 9.90. The summed E-state index contributed by atoms with van der Waals surface area (Å²) < 4.78 is 18.7. The van der Waals surface area contributed by atoms with Crippen LogP contribution in [0.2, 0.25) is 0 Å². The molecule has 2 fully saturated rings. The van der Waals surface area contributed by atoms with Crippen LogP contribution in [0.25, 0.3) is 0 Å². The fraction of sp³-hybridized carbons (Fsp3) is 0.562. The van der Waals surface area contributed by atoms with E-state index in [9.17, 15) is 14.7 Å². The first-order valence-corrected chi connectivity index (χ1v) is 14.8. The highest BCUT2D eigenvalue weighted by atomic mass is 16.7. The van der Waals surface area contributed by atoms with Gasteiger partial charge in [-0.15, -0.1) is 0 Å². The van der Waals surface area contributed by atoms with Gasteiger partial charge in [0.2, 0.25) is 11.8 Å². The van der Waals surface area contributed by atoms with E-state index >= 15 is 0 Å². The van der Waals surface area contributed by atoms with E-state index in [2.05, 4.69) is 22.5 Å². The third kappa shape index (κ3) is 9.61. The Balaban J connectivity index is 1.34. The second-order valence-corrected chi connectivity index (χ2v) is 11.0. The maximum Gasteiger partial charge on any atom is 0.220 e. The van der Waals surface area contributed by atoms with Crippen molar-refractivity contribution >= 4 is 11.8 Å². The molecule has 2 aromatic carbocycles. The summed E-state index contributed by atoms with van der Waals surface area (Å²) in [5.74, 6) is 0.141. The molecule has 41 heavy (non-hydrogen) atoms. The summed E-state index contributed by atoms with van der Waals surface area (Å²) in [4.78, 5) is 25.6. The third-order valence-electron chi connectivity index (χ3n) is 7.86. The molecule has 4 unspecified atom stereocenters. The highest BCUT2D eigenvalue weighted by Crippen LogP contribution is 2.41. The van der Waals surface area contributed by atoms with Gasteiger partial charge in [-0.1, -0.05) is 61.9 Å². The maximum absolute atomic E-state index is 12.3. The monoisotopic (exact) mass is 567 g/mol. The summed E-state index contributed by atoms with van der Waals surface area (Å²) in [7, 11) is 0. The fourth-order valence-electron chi connectivity index (χ4n) is 5.30. The second kappa shape index (κ2) is 16.0. The van der Waals surface area contributed by atoms with Crippen molar-refractivity contribution in [3.8, 4) is 0 Å². The molecule has 0 radical (unpaired) electrons. The lowest BCUT2D eigenvalue weighted by molar-refractivity contribution is -0.277. The number of nitrogens with zero attached hydrogens (tertiary/aromatic N) is 1.